The van der Waals surface area contributed by atoms with Crippen LogP contribution in [0.25, 0.3) is 0 Å². The van der Waals surface area contributed by atoms with E-state index in [0.29, 0.717) is 5.92 Å². The number of aryl methyl sites for hydroxylation is 2. The van der Waals surface area contributed by atoms with Crippen molar-refractivity contribution in [2.24, 2.45) is 7.05 Å². The third-order valence-corrected chi connectivity index (χ3v) is 4.48. The van der Waals surface area contributed by atoms with Gasteiger partial charge in [-0.05, 0) is 30.0 Å². The molecule has 1 unspecified atom stereocenters. The van der Waals surface area contributed by atoms with E-state index < -0.39 is 0 Å². The van der Waals surface area contributed by atoms with Crippen molar-refractivity contribution < 1.29 is 0 Å². The number of hydrogen-bond acceptors (Lipinski definition) is 1. The lowest BCUT2D eigenvalue weighted by Crippen LogP contribution is -2.05. The number of benzene rings is 1. The SMILES string of the molecule is Cn1ccnc1CCC(CBr)c1ccc(Br)cc1. The average molecular weight is 372 g/mol. The van der Waals surface area contributed by atoms with E-state index in [0.717, 1.165) is 28.5 Å². The Kier molecular flexibility index (Phi) is 5.01. The van der Waals surface area contributed by atoms with Crippen molar-refractivity contribution in [3.8, 4) is 0 Å². The highest BCUT2D eigenvalue weighted by atomic mass is 79.9. The van der Waals surface area contributed by atoms with E-state index >= 15 is 0 Å². The van der Waals surface area contributed by atoms with E-state index in [9.17, 15) is 0 Å². The van der Waals surface area contributed by atoms with Crippen molar-refractivity contribution in [1.82, 2.24) is 9.55 Å². The van der Waals surface area contributed by atoms with Gasteiger partial charge in [0.05, 0.1) is 0 Å². The minimum atomic E-state index is 0.537. The van der Waals surface area contributed by atoms with Crippen LogP contribution in [-0.4, -0.2) is 14.9 Å². The van der Waals surface area contributed by atoms with Crippen molar-refractivity contribution in [2.45, 2.75) is 18.8 Å². The van der Waals surface area contributed by atoms with Crippen molar-refractivity contribution in [3.05, 3.63) is 52.5 Å². The molecule has 1 aromatic carbocycles. The average Bonchev–Trinajstić information content (AvgIpc) is 2.78. The maximum absolute atomic E-state index is 4.37. The Morgan fingerprint density at radius 1 is 1.28 bits per heavy atom. The maximum atomic E-state index is 4.37. The lowest BCUT2D eigenvalue weighted by atomic mass is 9.96. The molecule has 0 aliphatic carbocycles. The molecule has 0 aliphatic rings. The molecule has 0 bridgehead atoms. The summed E-state index contributed by atoms with van der Waals surface area (Å²) < 4.78 is 3.22. The molecule has 18 heavy (non-hydrogen) atoms. The van der Waals surface area contributed by atoms with Gasteiger partial charge in [-0.15, -0.1) is 0 Å². The zero-order valence-corrected chi connectivity index (χ0v) is 13.5. The van der Waals surface area contributed by atoms with Crippen LogP contribution in [-0.2, 0) is 13.5 Å². The Hall–Kier alpha value is -0.610. The Morgan fingerprint density at radius 3 is 2.56 bits per heavy atom. The van der Waals surface area contributed by atoms with Gasteiger partial charge in [0.25, 0.3) is 0 Å². The molecule has 2 aromatic rings. The zero-order chi connectivity index (χ0) is 13.0. The molecule has 0 N–H and O–H groups in total. The Bertz CT molecular complexity index is 491. The van der Waals surface area contributed by atoms with Crippen molar-refractivity contribution in [1.29, 1.82) is 0 Å². The number of hydrogen-bond donors (Lipinski definition) is 0. The highest BCUT2D eigenvalue weighted by molar-refractivity contribution is 9.10. The van der Waals surface area contributed by atoms with Gasteiger partial charge in [0.1, 0.15) is 5.82 Å². The van der Waals surface area contributed by atoms with Crippen LogP contribution in [0.15, 0.2) is 41.1 Å². The first-order valence-electron chi connectivity index (χ1n) is 5.98. The molecule has 1 atom stereocenters. The maximum Gasteiger partial charge on any atom is 0.108 e. The van der Waals surface area contributed by atoms with E-state index in [2.05, 4.69) is 65.7 Å². The Balaban J connectivity index is 2.01. The number of alkyl halides is 1. The molecule has 0 saturated carbocycles. The lowest BCUT2D eigenvalue weighted by Gasteiger charge is -2.14. The first-order chi connectivity index (χ1) is 8.70. The summed E-state index contributed by atoms with van der Waals surface area (Å²) in [5.74, 6) is 1.69. The third kappa shape index (κ3) is 3.45. The standard InChI is InChI=1S/C14H16Br2N2/c1-18-9-8-17-14(18)7-4-12(10-15)11-2-5-13(16)6-3-11/h2-3,5-6,8-9,12H,4,7,10H2,1H3. The van der Waals surface area contributed by atoms with Crippen LogP contribution in [0.1, 0.15) is 23.7 Å². The highest BCUT2D eigenvalue weighted by Gasteiger charge is 2.11. The second-order valence-corrected chi connectivity index (χ2v) is 5.96. The van der Waals surface area contributed by atoms with Gasteiger partial charge in [0.2, 0.25) is 0 Å². The first kappa shape index (κ1) is 13.8. The number of nitrogens with zero attached hydrogens (tertiary/aromatic N) is 2. The molecule has 0 radical (unpaired) electrons. The molecule has 4 heteroatoms. The van der Waals surface area contributed by atoms with E-state index in [1.807, 2.05) is 19.4 Å². The molecule has 2 rings (SSSR count). The summed E-state index contributed by atoms with van der Waals surface area (Å²) in [6.45, 7) is 0. The fraction of sp³-hybridized carbons (Fsp3) is 0.357. The topological polar surface area (TPSA) is 17.8 Å². The normalized spacial score (nSPS) is 12.6. The van der Waals surface area contributed by atoms with Gasteiger partial charge < -0.3 is 4.57 Å². The fourth-order valence-corrected chi connectivity index (χ4v) is 2.97. The molecule has 0 saturated heterocycles. The van der Waals surface area contributed by atoms with Crippen LogP contribution in [0.4, 0.5) is 0 Å². The molecular formula is C14H16Br2N2. The molecule has 0 amide bonds. The van der Waals surface area contributed by atoms with Crippen molar-refractivity contribution >= 4 is 31.9 Å². The smallest absolute Gasteiger partial charge is 0.108 e. The summed E-state index contributed by atoms with van der Waals surface area (Å²) in [5.41, 5.74) is 1.38. The largest absolute Gasteiger partial charge is 0.338 e. The summed E-state index contributed by atoms with van der Waals surface area (Å²) in [7, 11) is 2.05. The monoisotopic (exact) mass is 370 g/mol. The summed E-state index contributed by atoms with van der Waals surface area (Å²) in [6.07, 6.45) is 5.98. The number of halogens is 2. The summed E-state index contributed by atoms with van der Waals surface area (Å²) in [4.78, 5) is 4.37. The second-order valence-electron chi connectivity index (χ2n) is 4.40. The van der Waals surface area contributed by atoms with Gasteiger partial charge in [-0.2, -0.15) is 0 Å². The Morgan fingerprint density at radius 2 is 2.00 bits per heavy atom. The molecular weight excluding hydrogens is 356 g/mol. The molecule has 1 heterocycles. The molecule has 0 aliphatic heterocycles. The lowest BCUT2D eigenvalue weighted by molar-refractivity contribution is 0.650. The zero-order valence-electron chi connectivity index (χ0n) is 10.3. The molecule has 96 valence electrons. The predicted molar refractivity (Wildman–Crippen MR) is 82.2 cm³/mol. The van der Waals surface area contributed by atoms with E-state index in [1.165, 1.54) is 5.56 Å². The molecule has 0 spiro atoms. The van der Waals surface area contributed by atoms with Gasteiger partial charge in [-0.25, -0.2) is 4.98 Å². The van der Waals surface area contributed by atoms with Crippen molar-refractivity contribution in [2.75, 3.05) is 5.33 Å². The van der Waals surface area contributed by atoms with E-state index in [-0.39, 0.29) is 0 Å². The summed E-state index contributed by atoms with van der Waals surface area (Å²) in [5, 5.41) is 0.985. The van der Waals surface area contributed by atoms with E-state index in [4.69, 9.17) is 0 Å². The van der Waals surface area contributed by atoms with Crippen LogP contribution in [0.5, 0.6) is 0 Å². The fourth-order valence-electron chi connectivity index (χ4n) is 2.01. The molecule has 2 nitrogen and oxygen atoms in total. The minimum absolute atomic E-state index is 0.537. The first-order valence-corrected chi connectivity index (χ1v) is 7.89. The number of rotatable bonds is 5. The van der Waals surface area contributed by atoms with Gasteiger partial charge in [0.15, 0.2) is 0 Å². The van der Waals surface area contributed by atoms with Gasteiger partial charge in [0, 0.05) is 35.7 Å². The summed E-state index contributed by atoms with van der Waals surface area (Å²) >= 11 is 7.09. The minimum Gasteiger partial charge on any atom is -0.338 e. The Labute approximate surface area is 125 Å². The van der Waals surface area contributed by atoms with Crippen LogP contribution in [0.2, 0.25) is 0 Å². The highest BCUT2D eigenvalue weighted by Crippen LogP contribution is 2.25. The third-order valence-electron chi connectivity index (χ3n) is 3.17. The van der Waals surface area contributed by atoms with Crippen LogP contribution in [0.3, 0.4) is 0 Å². The summed E-state index contributed by atoms with van der Waals surface area (Å²) in [6, 6.07) is 8.58. The van der Waals surface area contributed by atoms with Gasteiger partial charge in [-0.3, -0.25) is 0 Å². The number of aromatic nitrogens is 2. The van der Waals surface area contributed by atoms with Crippen LogP contribution in [0, 0.1) is 0 Å². The molecule has 1 aromatic heterocycles. The van der Waals surface area contributed by atoms with Crippen molar-refractivity contribution in [3.63, 3.8) is 0 Å². The van der Waals surface area contributed by atoms with Gasteiger partial charge >= 0.3 is 0 Å². The van der Waals surface area contributed by atoms with Crippen LogP contribution >= 0.6 is 31.9 Å². The van der Waals surface area contributed by atoms with Gasteiger partial charge in [-0.1, -0.05) is 44.0 Å². The quantitative estimate of drug-likeness (QED) is 0.716. The molecule has 0 fully saturated rings. The van der Waals surface area contributed by atoms with E-state index in [1.54, 1.807) is 0 Å². The van der Waals surface area contributed by atoms with Crippen LogP contribution < -0.4 is 0 Å². The predicted octanol–water partition coefficient (Wildman–Crippen LogP) is 4.29. The second kappa shape index (κ2) is 6.53. The number of imidazole rings is 1.